The SMILES string of the molecule is COc1ccc(-c2cn3c4ccccc4nc3n2CCNC2CCCCC2)cc1. The molecule has 4 aromatic rings. The Balaban J connectivity index is 1.50. The molecule has 0 radical (unpaired) electrons. The average Bonchev–Trinajstić information content (AvgIpc) is 3.31. The molecular weight excluding hydrogens is 360 g/mol. The van der Waals surface area contributed by atoms with Crippen molar-refractivity contribution in [1.29, 1.82) is 0 Å². The molecule has 0 aliphatic heterocycles. The maximum absolute atomic E-state index is 5.33. The standard InChI is InChI=1S/C24H28N4O/c1-29-20-13-11-18(12-14-20)23-17-28-22-10-6-5-9-21(22)26-24(28)27(23)16-15-25-19-7-3-2-4-8-19/h5-6,9-14,17,19,25H,2-4,7-8,15-16H2,1H3. The predicted molar refractivity (Wildman–Crippen MR) is 118 cm³/mol. The maximum Gasteiger partial charge on any atom is 0.215 e. The van der Waals surface area contributed by atoms with Gasteiger partial charge in [0, 0.05) is 30.9 Å². The summed E-state index contributed by atoms with van der Waals surface area (Å²) in [7, 11) is 1.70. The Morgan fingerprint density at radius 3 is 2.62 bits per heavy atom. The lowest BCUT2D eigenvalue weighted by atomic mass is 9.95. The monoisotopic (exact) mass is 388 g/mol. The van der Waals surface area contributed by atoms with E-state index in [4.69, 9.17) is 9.72 Å². The van der Waals surface area contributed by atoms with E-state index in [1.54, 1.807) is 7.11 Å². The maximum atomic E-state index is 5.33. The van der Waals surface area contributed by atoms with Crippen molar-refractivity contribution in [2.24, 2.45) is 0 Å². The van der Waals surface area contributed by atoms with Gasteiger partial charge in [0.25, 0.3) is 0 Å². The van der Waals surface area contributed by atoms with Gasteiger partial charge in [-0.1, -0.05) is 31.4 Å². The van der Waals surface area contributed by atoms with Crippen molar-refractivity contribution in [1.82, 2.24) is 19.3 Å². The number of hydrogen-bond acceptors (Lipinski definition) is 3. The molecule has 1 saturated carbocycles. The fraction of sp³-hybridized carbons (Fsp3) is 0.375. The van der Waals surface area contributed by atoms with E-state index in [1.165, 1.54) is 43.4 Å². The number of nitrogens with zero attached hydrogens (tertiary/aromatic N) is 3. The van der Waals surface area contributed by atoms with E-state index in [-0.39, 0.29) is 0 Å². The highest BCUT2D eigenvalue weighted by Gasteiger charge is 2.17. The van der Waals surface area contributed by atoms with Gasteiger partial charge < -0.3 is 14.6 Å². The van der Waals surface area contributed by atoms with Crippen molar-refractivity contribution < 1.29 is 4.74 Å². The van der Waals surface area contributed by atoms with Crippen molar-refractivity contribution in [3.8, 4) is 17.0 Å². The lowest BCUT2D eigenvalue weighted by Gasteiger charge is -2.23. The van der Waals surface area contributed by atoms with Gasteiger partial charge in [-0.2, -0.15) is 0 Å². The van der Waals surface area contributed by atoms with Crippen molar-refractivity contribution >= 4 is 16.8 Å². The largest absolute Gasteiger partial charge is 0.497 e. The molecule has 1 N–H and O–H groups in total. The third-order valence-corrected chi connectivity index (χ3v) is 6.12. The zero-order chi connectivity index (χ0) is 19.6. The third kappa shape index (κ3) is 3.51. The minimum Gasteiger partial charge on any atom is -0.497 e. The van der Waals surface area contributed by atoms with Crippen LogP contribution in [0.3, 0.4) is 0 Å². The van der Waals surface area contributed by atoms with Gasteiger partial charge >= 0.3 is 0 Å². The predicted octanol–water partition coefficient (Wildman–Crippen LogP) is 4.89. The minimum absolute atomic E-state index is 0.665. The number of nitrogens with one attached hydrogen (secondary N) is 1. The van der Waals surface area contributed by atoms with Gasteiger partial charge in [-0.15, -0.1) is 0 Å². The second kappa shape index (κ2) is 7.91. The number of hydrogen-bond donors (Lipinski definition) is 1. The van der Waals surface area contributed by atoms with Crippen LogP contribution in [0.25, 0.3) is 28.1 Å². The molecule has 1 fully saturated rings. The molecular formula is C24H28N4O. The van der Waals surface area contributed by atoms with Gasteiger partial charge in [0.1, 0.15) is 5.75 Å². The van der Waals surface area contributed by atoms with E-state index in [1.807, 2.05) is 18.2 Å². The topological polar surface area (TPSA) is 43.5 Å². The fourth-order valence-corrected chi connectivity index (χ4v) is 4.55. The van der Waals surface area contributed by atoms with Crippen LogP contribution in [0, 0.1) is 0 Å². The number of imidazole rings is 2. The first-order valence-electron chi connectivity index (χ1n) is 10.7. The number of fused-ring (bicyclic) bond motifs is 3. The summed E-state index contributed by atoms with van der Waals surface area (Å²) in [6, 6.07) is 17.3. The van der Waals surface area contributed by atoms with E-state index in [0.717, 1.165) is 35.7 Å². The van der Waals surface area contributed by atoms with Crippen LogP contribution in [0.1, 0.15) is 32.1 Å². The Labute approximate surface area is 171 Å². The summed E-state index contributed by atoms with van der Waals surface area (Å²) >= 11 is 0. The summed E-state index contributed by atoms with van der Waals surface area (Å²) < 4.78 is 9.90. The molecule has 5 heteroatoms. The van der Waals surface area contributed by atoms with Crippen molar-refractivity contribution in [2.75, 3.05) is 13.7 Å². The van der Waals surface area contributed by atoms with Gasteiger partial charge in [0.05, 0.1) is 23.8 Å². The summed E-state index contributed by atoms with van der Waals surface area (Å²) in [6.45, 7) is 1.86. The highest BCUT2D eigenvalue weighted by Crippen LogP contribution is 2.28. The molecule has 5 nitrogen and oxygen atoms in total. The lowest BCUT2D eigenvalue weighted by Crippen LogP contribution is -2.33. The van der Waals surface area contributed by atoms with E-state index < -0.39 is 0 Å². The number of ether oxygens (including phenoxy) is 1. The highest BCUT2D eigenvalue weighted by molar-refractivity contribution is 5.81. The van der Waals surface area contributed by atoms with Gasteiger partial charge in [-0.25, -0.2) is 4.98 Å². The fourth-order valence-electron chi connectivity index (χ4n) is 4.55. The normalized spacial score (nSPS) is 15.3. The molecule has 0 saturated heterocycles. The van der Waals surface area contributed by atoms with Gasteiger partial charge in [0.2, 0.25) is 5.78 Å². The summed E-state index contributed by atoms with van der Waals surface area (Å²) in [5, 5.41) is 3.78. The molecule has 1 aliphatic carbocycles. The molecule has 0 amide bonds. The Morgan fingerprint density at radius 2 is 1.83 bits per heavy atom. The van der Waals surface area contributed by atoms with Crippen LogP contribution < -0.4 is 10.1 Å². The number of benzene rings is 2. The second-order valence-electron chi connectivity index (χ2n) is 7.95. The Kier molecular flexibility index (Phi) is 4.98. The molecule has 0 atom stereocenters. The molecule has 5 rings (SSSR count). The number of rotatable bonds is 6. The molecule has 0 unspecified atom stereocenters. The molecule has 2 aromatic heterocycles. The van der Waals surface area contributed by atoms with Crippen molar-refractivity contribution in [3.63, 3.8) is 0 Å². The van der Waals surface area contributed by atoms with Crippen LogP contribution in [-0.4, -0.2) is 33.6 Å². The van der Waals surface area contributed by atoms with E-state index in [2.05, 4.69) is 50.8 Å². The first-order valence-corrected chi connectivity index (χ1v) is 10.7. The Morgan fingerprint density at radius 1 is 1.03 bits per heavy atom. The first kappa shape index (κ1) is 18.3. The van der Waals surface area contributed by atoms with Gasteiger partial charge in [0.15, 0.2) is 0 Å². The third-order valence-electron chi connectivity index (χ3n) is 6.12. The van der Waals surface area contributed by atoms with Crippen LogP contribution in [-0.2, 0) is 6.54 Å². The van der Waals surface area contributed by atoms with Crippen LogP contribution in [0.15, 0.2) is 54.7 Å². The van der Waals surface area contributed by atoms with Crippen LogP contribution in [0.5, 0.6) is 5.75 Å². The van der Waals surface area contributed by atoms with Gasteiger partial charge in [-0.05, 0) is 49.2 Å². The highest BCUT2D eigenvalue weighted by atomic mass is 16.5. The number of para-hydroxylation sites is 2. The first-order chi connectivity index (χ1) is 14.3. The minimum atomic E-state index is 0.665. The van der Waals surface area contributed by atoms with Gasteiger partial charge in [-0.3, -0.25) is 4.40 Å². The molecule has 1 aliphatic rings. The van der Waals surface area contributed by atoms with Crippen LogP contribution >= 0.6 is 0 Å². The lowest BCUT2D eigenvalue weighted by molar-refractivity contribution is 0.369. The zero-order valence-electron chi connectivity index (χ0n) is 17.0. The number of aromatic nitrogens is 3. The van der Waals surface area contributed by atoms with E-state index >= 15 is 0 Å². The molecule has 150 valence electrons. The quantitative estimate of drug-likeness (QED) is 0.512. The Bertz CT molecular complexity index is 1100. The summed E-state index contributed by atoms with van der Waals surface area (Å²) in [5.41, 5.74) is 4.55. The Hall–Kier alpha value is -2.79. The molecule has 2 heterocycles. The van der Waals surface area contributed by atoms with Crippen LogP contribution in [0.2, 0.25) is 0 Å². The second-order valence-corrected chi connectivity index (χ2v) is 7.95. The zero-order valence-corrected chi connectivity index (χ0v) is 17.0. The molecule has 2 aromatic carbocycles. The molecule has 29 heavy (non-hydrogen) atoms. The number of methoxy groups -OCH3 is 1. The van der Waals surface area contributed by atoms with Crippen molar-refractivity contribution in [3.05, 3.63) is 54.7 Å². The average molecular weight is 389 g/mol. The smallest absolute Gasteiger partial charge is 0.215 e. The van der Waals surface area contributed by atoms with E-state index in [0.29, 0.717) is 6.04 Å². The summed E-state index contributed by atoms with van der Waals surface area (Å²) in [6.07, 6.45) is 8.92. The van der Waals surface area contributed by atoms with Crippen LogP contribution in [0.4, 0.5) is 0 Å². The van der Waals surface area contributed by atoms with E-state index in [9.17, 15) is 0 Å². The van der Waals surface area contributed by atoms with Crippen molar-refractivity contribution in [2.45, 2.75) is 44.7 Å². The summed E-state index contributed by atoms with van der Waals surface area (Å²) in [4.78, 5) is 4.93. The summed E-state index contributed by atoms with van der Waals surface area (Å²) in [5.74, 6) is 1.88. The molecule has 0 bridgehead atoms. The molecule has 0 spiro atoms.